The Kier molecular flexibility index (Phi) is 6.10. The number of fused-ring (bicyclic) bond motifs is 1. The molecular formula is C25H26N4O2S. The van der Waals surface area contributed by atoms with E-state index in [-0.39, 0.29) is 23.6 Å². The van der Waals surface area contributed by atoms with Crippen molar-refractivity contribution in [3.63, 3.8) is 0 Å². The minimum absolute atomic E-state index is 0.0730. The zero-order valence-electron chi connectivity index (χ0n) is 17.8. The highest BCUT2D eigenvalue weighted by Gasteiger charge is 2.31. The van der Waals surface area contributed by atoms with Crippen LogP contribution in [0.3, 0.4) is 0 Å². The number of benzene rings is 2. The average Bonchev–Trinajstić information content (AvgIpc) is 3.25. The SMILES string of the molecule is O=C(C[C@@H]1CSc2nccc(=O)n21)N1CCN(C(c2ccccc2)c2ccccc2)CC1. The van der Waals surface area contributed by atoms with Gasteiger partial charge in [-0.3, -0.25) is 19.1 Å². The van der Waals surface area contributed by atoms with E-state index in [0.29, 0.717) is 24.7 Å². The molecule has 6 nitrogen and oxygen atoms in total. The van der Waals surface area contributed by atoms with Crippen LogP contribution in [-0.4, -0.2) is 57.2 Å². The minimum Gasteiger partial charge on any atom is -0.340 e. The van der Waals surface area contributed by atoms with E-state index < -0.39 is 0 Å². The normalized spacial score (nSPS) is 18.7. The van der Waals surface area contributed by atoms with Gasteiger partial charge < -0.3 is 4.90 Å². The van der Waals surface area contributed by atoms with Crippen molar-refractivity contribution >= 4 is 17.7 Å². The summed E-state index contributed by atoms with van der Waals surface area (Å²) in [7, 11) is 0. The first-order valence-corrected chi connectivity index (χ1v) is 12.0. The van der Waals surface area contributed by atoms with E-state index in [0.717, 1.165) is 18.8 Å². The molecule has 1 fully saturated rings. The van der Waals surface area contributed by atoms with E-state index >= 15 is 0 Å². The van der Waals surface area contributed by atoms with Crippen LogP contribution < -0.4 is 5.56 Å². The molecule has 2 aliphatic rings. The minimum atomic E-state index is -0.108. The van der Waals surface area contributed by atoms with Gasteiger partial charge in [0.15, 0.2) is 5.16 Å². The number of piperazine rings is 1. The van der Waals surface area contributed by atoms with Crippen LogP contribution in [0.5, 0.6) is 0 Å². The van der Waals surface area contributed by atoms with Crippen LogP contribution in [0.4, 0.5) is 0 Å². The van der Waals surface area contributed by atoms with Gasteiger partial charge in [-0.25, -0.2) is 4.98 Å². The molecule has 2 aliphatic heterocycles. The first-order chi connectivity index (χ1) is 15.7. The lowest BCUT2D eigenvalue weighted by molar-refractivity contribution is -0.133. The second-order valence-electron chi connectivity index (χ2n) is 8.25. The van der Waals surface area contributed by atoms with Crippen molar-refractivity contribution in [2.45, 2.75) is 23.7 Å². The number of rotatable bonds is 5. The number of carbonyl (C=O) groups is 1. The fourth-order valence-corrected chi connectivity index (χ4v) is 5.81. The van der Waals surface area contributed by atoms with Gasteiger partial charge in [0.05, 0.1) is 12.1 Å². The number of hydrogen-bond donors (Lipinski definition) is 0. The van der Waals surface area contributed by atoms with Crippen LogP contribution in [0.15, 0.2) is 82.9 Å². The monoisotopic (exact) mass is 446 g/mol. The van der Waals surface area contributed by atoms with Crippen molar-refractivity contribution in [3.8, 4) is 0 Å². The van der Waals surface area contributed by atoms with Gasteiger partial charge in [0.1, 0.15) is 0 Å². The average molecular weight is 447 g/mol. The summed E-state index contributed by atoms with van der Waals surface area (Å²) < 4.78 is 1.68. The molecule has 3 heterocycles. The summed E-state index contributed by atoms with van der Waals surface area (Å²) in [4.78, 5) is 34.0. The van der Waals surface area contributed by atoms with E-state index in [9.17, 15) is 9.59 Å². The number of aromatic nitrogens is 2. The Morgan fingerprint density at radius 2 is 1.56 bits per heavy atom. The first kappa shape index (κ1) is 21.0. The molecule has 1 saturated heterocycles. The summed E-state index contributed by atoms with van der Waals surface area (Å²) in [5.74, 6) is 0.844. The maximum Gasteiger partial charge on any atom is 0.254 e. The van der Waals surface area contributed by atoms with Gasteiger partial charge in [-0.15, -0.1) is 0 Å². The van der Waals surface area contributed by atoms with Gasteiger partial charge in [-0.2, -0.15) is 0 Å². The quantitative estimate of drug-likeness (QED) is 0.564. The van der Waals surface area contributed by atoms with Gasteiger partial charge in [0.2, 0.25) is 5.91 Å². The van der Waals surface area contributed by atoms with Gasteiger partial charge >= 0.3 is 0 Å². The third kappa shape index (κ3) is 4.23. The summed E-state index contributed by atoms with van der Waals surface area (Å²) in [6.45, 7) is 3.03. The van der Waals surface area contributed by atoms with Gasteiger partial charge in [0.25, 0.3) is 5.56 Å². The molecule has 7 heteroatoms. The van der Waals surface area contributed by atoms with Crippen LogP contribution in [0, 0.1) is 0 Å². The highest BCUT2D eigenvalue weighted by Crippen LogP contribution is 2.33. The summed E-state index contributed by atoms with van der Waals surface area (Å²) in [5, 5.41) is 0.716. The Morgan fingerprint density at radius 3 is 2.19 bits per heavy atom. The molecule has 0 unspecified atom stereocenters. The molecule has 0 saturated carbocycles. The largest absolute Gasteiger partial charge is 0.340 e. The Morgan fingerprint density at radius 1 is 0.938 bits per heavy atom. The van der Waals surface area contributed by atoms with Crippen LogP contribution >= 0.6 is 11.8 Å². The number of hydrogen-bond acceptors (Lipinski definition) is 5. The number of thioether (sulfide) groups is 1. The van der Waals surface area contributed by atoms with Gasteiger partial charge in [-0.05, 0) is 11.1 Å². The molecule has 1 aromatic heterocycles. The molecule has 32 heavy (non-hydrogen) atoms. The lowest BCUT2D eigenvalue weighted by atomic mass is 9.96. The maximum atomic E-state index is 13.1. The number of nitrogens with zero attached hydrogens (tertiary/aromatic N) is 4. The van der Waals surface area contributed by atoms with Crippen molar-refractivity contribution < 1.29 is 4.79 Å². The molecule has 0 radical (unpaired) electrons. The third-order valence-corrected chi connectivity index (χ3v) is 7.40. The summed E-state index contributed by atoms with van der Waals surface area (Å²) in [6, 6.07) is 22.7. The lowest BCUT2D eigenvalue weighted by Gasteiger charge is -2.40. The predicted molar refractivity (Wildman–Crippen MR) is 126 cm³/mol. The van der Waals surface area contributed by atoms with E-state index in [1.165, 1.54) is 17.2 Å². The molecule has 0 aliphatic carbocycles. The molecule has 0 bridgehead atoms. The van der Waals surface area contributed by atoms with Crippen LogP contribution in [-0.2, 0) is 4.79 Å². The highest BCUT2D eigenvalue weighted by molar-refractivity contribution is 7.99. The van der Waals surface area contributed by atoms with Crippen molar-refractivity contribution in [1.82, 2.24) is 19.4 Å². The first-order valence-electron chi connectivity index (χ1n) is 11.0. The molecular weight excluding hydrogens is 420 g/mol. The Balaban J connectivity index is 1.26. The highest BCUT2D eigenvalue weighted by atomic mass is 32.2. The van der Waals surface area contributed by atoms with E-state index in [4.69, 9.17) is 0 Å². The molecule has 0 spiro atoms. The fraction of sp³-hybridized carbons (Fsp3) is 0.320. The Bertz CT molecular complexity index is 1090. The second-order valence-corrected chi connectivity index (χ2v) is 9.23. The fourth-order valence-electron chi connectivity index (χ4n) is 4.68. The Hall–Kier alpha value is -2.90. The molecule has 5 rings (SSSR count). The number of amides is 1. The molecule has 1 amide bonds. The zero-order valence-corrected chi connectivity index (χ0v) is 18.7. The van der Waals surface area contributed by atoms with Crippen molar-refractivity contribution in [3.05, 3.63) is 94.4 Å². The second kappa shape index (κ2) is 9.30. The Labute approximate surface area is 191 Å². The predicted octanol–water partition coefficient (Wildman–Crippen LogP) is 3.21. The van der Waals surface area contributed by atoms with Crippen LogP contribution in [0.1, 0.15) is 29.6 Å². The number of carbonyl (C=O) groups excluding carboxylic acids is 1. The van der Waals surface area contributed by atoms with E-state index in [1.54, 1.807) is 22.5 Å². The molecule has 3 aromatic rings. The molecule has 0 N–H and O–H groups in total. The van der Waals surface area contributed by atoms with Crippen LogP contribution in [0.2, 0.25) is 0 Å². The van der Waals surface area contributed by atoms with Crippen molar-refractivity contribution in [2.75, 3.05) is 31.9 Å². The standard InChI is InChI=1S/C25H26N4O2S/c30-22-11-12-26-25-29(22)21(18-32-25)17-23(31)27-13-15-28(16-14-27)24(19-7-3-1-4-8-19)20-9-5-2-6-10-20/h1-12,21,24H,13-18H2/t21-/m1/s1. The van der Waals surface area contributed by atoms with Gasteiger partial charge in [-0.1, -0.05) is 72.4 Å². The van der Waals surface area contributed by atoms with Crippen molar-refractivity contribution in [1.29, 1.82) is 0 Å². The summed E-state index contributed by atoms with van der Waals surface area (Å²) >= 11 is 1.55. The van der Waals surface area contributed by atoms with E-state index in [1.807, 2.05) is 17.0 Å². The van der Waals surface area contributed by atoms with Crippen molar-refractivity contribution in [2.24, 2.45) is 0 Å². The molecule has 164 valence electrons. The third-order valence-electron chi connectivity index (χ3n) is 6.29. The van der Waals surface area contributed by atoms with Crippen LogP contribution in [0.25, 0.3) is 0 Å². The maximum absolute atomic E-state index is 13.1. The summed E-state index contributed by atoms with van der Waals surface area (Å²) in [6.07, 6.45) is 1.90. The lowest BCUT2D eigenvalue weighted by Crippen LogP contribution is -2.50. The zero-order chi connectivity index (χ0) is 21.9. The summed E-state index contributed by atoms with van der Waals surface area (Å²) in [5.41, 5.74) is 2.46. The topological polar surface area (TPSA) is 58.4 Å². The molecule has 1 atom stereocenters. The smallest absolute Gasteiger partial charge is 0.254 e. The van der Waals surface area contributed by atoms with Gasteiger partial charge in [0, 0.05) is 50.6 Å². The molecule has 2 aromatic carbocycles. The van der Waals surface area contributed by atoms with E-state index in [2.05, 4.69) is 58.4 Å².